The Balaban J connectivity index is 3.53. The molecule has 0 bridgehead atoms. The van der Waals surface area contributed by atoms with E-state index in [1.165, 1.54) is 0 Å². The van der Waals surface area contributed by atoms with Crippen molar-refractivity contribution in [2.45, 2.75) is 26.4 Å². The summed E-state index contributed by atoms with van der Waals surface area (Å²) >= 11 is 0. The van der Waals surface area contributed by atoms with Crippen molar-refractivity contribution in [1.82, 2.24) is 5.32 Å². The second-order valence-electron chi connectivity index (χ2n) is 3.38. The first-order chi connectivity index (χ1) is 5.45. The SMILES string of the molecule is CC(C)(C)OC(=O)CNCC=O. The summed E-state index contributed by atoms with van der Waals surface area (Å²) in [7, 11) is 0. The maximum atomic E-state index is 10.9. The minimum Gasteiger partial charge on any atom is -0.459 e. The third kappa shape index (κ3) is 7.21. The maximum Gasteiger partial charge on any atom is 0.320 e. The van der Waals surface area contributed by atoms with Gasteiger partial charge in [-0.2, -0.15) is 0 Å². The summed E-state index contributed by atoms with van der Waals surface area (Å²) in [5.41, 5.74) is -0.458. The van der Waals surface area contributed by atoms with Gasteiger partial charge in [0.05, 0.1) is 13.1 Å². The average Bonchev–Trinajstić information content (AvgIpc) is 1.84. The van der Waals surface area contributed by atoms with Gasteiger partial charge < -0.3 is 14.8 Å². The quantitative estimate of drug-likeness (QED) is 0.372. The Morgan fingerprint density at radius 2 is 2.08 bits per heavy atom. The zero-order valence-electron chi connectivity index (χ0n) is 7.72. The van der Waals surface area contributed by atoms with Gasteiger partial charge in [0.15, 0.2) is 0 Å². The molecule has 0 aliphatic rings. The molecule has 0 atom stereocenters. The van der Waals surface area contributed by atoms with Crippen LogP contribution >= 0.6 is 0 Å². The van der Waals surface area contributed by atoms with Gasteiger partial charge in [-0.15, -0.1) is 0 Å². The molecule has 70 valence electrons. The smallest absolute Gasteiger partial charge is 0.320 e. The molecule has 0 saturated carbocycles. The zero-order chi connectivity index (χ0) is 9.61. The Labute approximate surface area is 72.3 Å². The second kappa shape index (κ2) is 4.87. The molecule has 0 unspecified atom stereocenters. The highest BCUT2D eigenvalue weighted by Gasteiger charge is 2.15. The highest BCUT2D eigenvalue weighted by atomic mass is 16.6. The maximum absolute atomic E-state index is 10.9. The van der Waals surface area contributed by atoms with E-state index in [1.54, 1.807) is 20.8 Å². The van der Waals surface area contributed by atoms with Gasteiger partial charge >= 0.3 is 5.97 Å². The molecule has 4 nitrogen and oxygen atoms in total. The van der Waals surface area contributed by atoms with Crippen LogP contribution in [0.25, 0.3) is 0 Å². The minimum absolute atomic E-state index is 0.0794. The van der Waals surface area contributed by atoms with E-state index in [2.05, 4.69) is 5.32 Å². The molecule has 0 saturated heterocycles. The topological polar surface area (TPSA) is 55.4 Å². The molecule has 0 rings (SSSR count). The van der Waals surface area contributed by atoms with Gasteiger partial charge in [0.2, 0.25) is 0 Å². The molecule has 0 fully saturated rings. The molecule has 12 heavy (non-hydrogen) atoms. The molecule has 1 N–H and O–H groups in total. The Morgan fingerprint density at radius 3 is 2.50 bits per heavy atom. The van der Waals surface area contributed by atoms with E-state index in [4.69, 9.17) is 4.74 Å². The fourth-order valence-corrected chi connectivity index (χ4v) is 0.611. The summed E-state index contributed by atoms with van der Waals surface area (Å²) in [6.45, 7) is 5.65. The van der Waals surface area contributed by atoms with Crippen LogP contribution < -0.4 is 5.32 Å². The van der Waals surface area contributed by atoms with Crippen LogP contribution in [0.3, 0.4) is 0 Å². The van der Waals surface area contributed by atoms with Crippen LogP contribution in [0.4, 0.5) is 0 Å². The molecule has 0 spiro atoms. The number of esters is 1. The van der Waals surface area contributed by atoms with E-state index >= 15 is 0 Å². The third-order valence-corrected chi connectivity index (χ3v) is 0.917. The number of hydrogen-bond donors (Lipinski definition) is 1. The van der Waals surface area contributed by atoms with Crippen LogP contribution in [0, 0.1) is 0 Å². The number of hydrogen-bond acceptors (Lipinski definition) is 4. The van der Waals surface area contributed by atoms with E-state index in [9.17, 15) is 9.59 Å². The molecular formula is C8H15NO3. The van der Waals surface area contributed by atoms with E-state index in [0.717, 1.165) is 0 Å². The summed E-state index contributed by atoms with van der Waals surface area (Å²) in [5, 5.41) is 2.61. The van der Waals surface area contributed by atoms with Crippen LogP contribution in [0.15, 0.2) is 0 Å². The van der Waals surface area contributed by atoms with Gasteiger partial charge in [-0.1, -0.05) is 0 Å². The van der Waals surface area contributed by atoms with Crippen molar-refractivity contribution in [2.75, 3.05) is 13.1 Å². The predicted molar refractivity (Wildman–Crippen MR) is 44.8 cm³/mol. The lowest BCUT2D eigenvalue weighted by Crippen LogP contribution is -2.32. The summed E-state index contributed by atoms with van der Waals surface area (Å²) in [6, 6.07) is 0. The molecule has 0 aromatic heterocycles. The summed E-state index contributed by atoms with van der Waals surface area (Å²) < 4.78 is 4.97. The van der Waals surface area contributed by atoms with Crippen molar-refractivity contribution in [1.29, 1.82) is 0 Å². The van der Waals surface area contributed by atoms with Crippen LogP contribution in [-0.2, 0) is 14.3 Å². The lowest BCUT2D eigenvalue weighted by atomic mass is 10.2. The number of carbonyl (C=O) groups excluding carboxylic acids is 2. The van der Waals surface area contributed by atoms with Gasteiger partial charge in [-0.05, 0) is 20.8 Å². The number of carbonyl (C=O) groups is 2. The van der Waals surface area contributed by atoms with E-state index in [1.807, 2.05) is 0 Å². The molecular weight excluding hydrogens is 158 g/mol. The summed E-state index contributed by atoms with van der Waals surface area (Å²) in [5.74, 6) is -0.343. The molecule has 0 aromatic carbocycles. The normalized spacial score (nSPS) is 10.9. The van der Waals surface area contributed by atoms with Gasteiger partial charge in [0.25, 0.3) is 0 Å². The van der Waals surface area contributed by atoms with Crippen LogP contribution in [0.2, 0.25) is 0 Å². The van der Waals surface area contributed by atoms with Gasteiger partial charge in [-0.25, -0.2) is 0 Å². The molecule has 0 aliphatic heterocycles. The van der Waals surface area contributed by atoms with Crippen LogP contribution in [0.5, 0.6) is 0 Å². The monoisotopic (exact) mass is 173 g/mol. The van der Waals surface area contributed by atoms with E-state index < -0.39 is 5.60 Å². The van der Waals surface area contributed by atoms with Crippen molar-refractivity contribution in [3.05, 3.63) is 0 Å². The van der Waals surface area contributed by atoms with Crippen LogP contribution in [-0.4, -0.2) is 30.9 Å². The molecule has 0 aliphatic carbocycles. The first-order valence-corrected chi connectivity index (χ1v) is 3.82. The standard InChI is InChI=1S/C8H15NO3/c1-8(2,3)12-7(11)6-9-4-5-10/h5,9H,4,6H2,1-3H3. The first kappa shape index (κ1) is 11.1. The van der Waals surface area contributed by atoms with Crippen molar-refractivity contribution >= 4 is 12.3 Å². The lowest BCUT2D eigenvalue weighted by Gasteiger charge is -2.19. The third-order valence-electron chi connectivity index (χ3n) is 0.917. The highest BCUT2D eigenvalue weighted by molar-refractivity contribution is 5.72. The highest BCUT2D eigenvalue weighted by Crippen LogP contribution is 2.05. The number of nitrogens with one attached hydrogen (secondary N) is 1. The van der Waals surface area contributed by atoms with E-state index in [-0.39, 0.29) is 19.1 Å². The number of rotatable bonds is 4. The number of aldehydes is 1. The van der Waals surface area contributed by atoms with Crippen molar-refractivity contribution in [2.24, 2.45) is 0 Å². The Hall–Kier alpha value is -0.900. The average molecular weight is 173 g/mol. The molecule has 0 radical (unpaired) electrons. The fraction of sp³-hybridized carbons (Fsp3) is 0.750. The predicted octanol–water partition coefficient (Wildman–Crippen LogP) is 0.117. The first-order valence-electron chi connectivity index (χ1n) is 3.82. The van der Waals surface area contributed by atoms with Crippen LogP contribution in [0.1, 0.15) is 20.8 Å². The summed E-state index contributed by atoms with van der Waals surface area (Å²) in [6.07, 6.45) is 0.699. The van der Waals surface area contributed by atoms with Gasteiger partial charge in [-0.3, -0.25) is 4.79 Å². The largest absolute Gasteiger partial charge is 0.459 e. The molecule has 0 aromatic rings. The Bertz CT molecular complexity index is 160. The van der Waals surface area contributed by atoms with Gasteiger partial charge in [0.1, 0.15) is 11.9 Å². The minimum atomic E-state index is -0.458. The zero-order valence-corrected chi connectivity index (χ0v) is 7.72. The molecule has 0 amide bonds. The van der Waals surface area contributed by atoms with Crippen molar-refractivity contribution < 1.29 is 14.3 Å². The van der Waals surface area contributed by atoms with E-state index in [0.29, 0.717) is 6.29 Å². The van der Waals surface area contributed by atoms with Gasteiger partial charge in [0, 0.05) is 0 Å². The Morgan fingerprint density at radius 1 is 1.50 bits per heavy atom. The second-order valence-corrected chi connectivity index (χ2v) is 3.38. The summed E-state index contributed by atoms with van der Waals surface area (Å²) in [4.78, 5) is 20.8. The Kier molecular flexibility index (Phi) is 4.51. The lowest BCUT2D eigenvalue weighted by molar-refractivity contribution is -0.153. The fourth-order valence-electron chi connectivity index (χ4n) is 0.611. The molecule has 4 heteroatoms. The van der Waals surface area contributed by atoms with Crippen molar-refractivity contribution in [3.63, 3.8) is 0 Å². The number of ether oxygens (including phenoxy) is 1. The van der Waals surface area contributed by atoms with Crippen molar-refractivity contribution in [3.8, 4) is 0 Å². The molecule has 0 heterocycles.